The molecule has 0 radical (unpaired) electrons. The molecule has 2 heterocycles. The first-order valence-corrected chi connectivity index (χ1v) is 7.44. The van der Waals surface area contributed by atoms with Crippen molar-refractivity contribution in [2.75, 3.05) is 6.61 Å². The molecule has 0 amide bonds. The summed E-state index contributed by atoms with van der Waals surface area (Å²) in [6, 6.07) is 0. The van der Waals surface area contributed by atoms with Gasteiger partial charge in [-0.2, -0.15) is 0 Å². The number of halogens is 2. The largest absolute Gasteiger partial charge is 0.394 e. The lowest BCUT2D eigenvalue weighted by Gasteiger charge is -2.17. The molecule has 0 aliphatic carbocycles. The number of rotatable bonds is 3. The molecule has 1 saturated heterocycles. The number of hydrogen-bond acceptors (Lipinski definition) is 6. The molecule has 116 valence electrons. The zero-order chi connectivity index (χ0) is 15.7. The first-order chi connectivity index (χ1) is 9.85. The maximum Gasteiger partial charge on any atom is 0.330 e. The predicted molar refractivity (Wildman–Crippen MR) is 80.2 cm³/mol. The molecule has 4 unspecified atom stereocenters. The Labute approximate surface area is 134 Å². The molecule has 1 aromatic rings. The Balaban J connectivity index is 2.48. The molecule has 4 atom stereocenters. The van der Waals surface area contributed by atoms with E-state index in [9.17, 15) is 19.8 Å². The van der Waals surface area contributed by atoms with Gasteiger partial charge in [0.15, 0.2) is 6.23 Å². The molecular formula is C11H12Br2N2O6. The van der Waals surface area contributed by atoms with Crippen LogP contribution >= 0.6 is 31.9 Å². The number of ether oxygens (including phenoxy) is 1. The van der Waals surface area contributed by atoms with E-state index in [4.69, 9.17) is 9.84 Å². The van der Waals surface area contributed by atoms with Crippen LogP contribution in [0.4, 0.5) is 0 Å². The summed E-state index contributed by atoms with van der Waals surface area (Å²) < 4.78 is 6.69. The highest BCUT2D eigenvalue weighted by molar-refractivity contribution is 9.28. The summed E-state index contributed by atoms with van der Waals surface area (Å²) >= 11 is 6.20. The third-order valence-corrected chi connectivity index (χ3v) is 3.51. The third-order valence-electron chi connectivity index (χ3n) is 3.05. The molecule has 1 aromatic heterocycles. The zero-order valence-electron chi connectivity index (χ0n) is 10.4. The average Bonchev–Trinajstić information content (AvgIpc) is 2.69. The molecule has 2 rings (SSSR count). The van der Waals surface area contributed by atoms with Crippen molar-refractivity contribution in [3.05, 3.63) is 36.0 Å². The number of nitrogens with zero attached hydrogens (tertiary/aromatic N) is 1. The van der Waals surface area contributed by atoms with E-state index in [1.165, 1.54) is 12.3 Å². The minimum absolute atomic E-state index is 0.135. The van der Waals surface area contributed by atoms with Crippen molar-refractivity contribution in [3.63, 3.8) is 0 Å². The van der Waals surface area contributed by atoms with Gasteiger partial charge in [-0.05, 0) is 37.9 Å². The average molecular weight is 428 g/mol. The zero-order valence-corrected chi connectivity index (χ0v) is 13.6. The molecule has 0 bridgehead atoms. The molecule has 8 nitrogen and oxygen atoms in total. The van der Waals surface area contributed by atoms with Crippen molar-refractivity contribution in [2.24, 2.45) is 0 Å². The monoisotopic (exact) mass is 426 g/mol. The molecule has 0 spiro atoms. The van der Waals surface area contributed by atoms with Crippen molar-refractivity contribution in [2.45, 2.75) is 24.5 Å². The summed E-state index contributed by atoms with van der Waals surface area (Å²) in [6.45, 7) is -0.507. The Morgan fingerprint density at radius 3 is 2.57 bits per heavy atom. The Morgan fingerprint density at radius 2 is 2.05 bits per heavy atom. The van der Waals surface area contributed by atoms with Crippen LogP contribution < -0.4 is 11.2 Å². The molecule has 0 aromatic carbocycles. The van der Waals surface area contributed by atoms with E-state index in [-0.39, 0.29) is 5.56 Å². The quantitative estimate of drug-likeness (QED) is 0.502. The number of hydrogen-bond donors (Lipinski definition) is 4. The Hall–Kier alpha value is -0.780. The normalized spacial score (nSPS) is 28.6. The van der Waals surface area contributed by atoms with E-state index in [1.54, 1.807) is 0 Å². The number of nitrogens with one attached hydrogen (secondary N) is 1. The van der Waals surface area contributed by atoms with Crippen LogP contribution in [-0.4, -0.2) is 49.8 Å². The summed E-state index contributed by atoms with van der Waals surface area (Å²) in [5, 5.41) is 28.6. The highest BCUT2D eigenvalue weighted by Crippen LogP contribution is 2.28. The second-order valence-corrected chi connectivity index (χ2v) is 7.19. The van der Waals surface area contributed by atoms with Crippen molar-refractivity contribution in [3.8, 4) is 0 Å². The molecule has 10 heteroatoms. The topological polar surface area (TPSA) is 125 Å². The van der Waals surface area contributed by atoms with Gasteiger partial charge in [0.2, 0.25) is 0 Å². The minimum atomic E-state index is -1.41. The van der Waals surface area contributed by atoms with Gasteiger partial charge in [0.1, 0.15) is 18.3 Å². The van der Waals surface area contributed by atoms with Crippen LogP contribution in [0.25, 0.3) is 6.08 Å². The fourth-order valence-corrected chi connectivity index (χ4v) is 2.51. The van der Waals surface area contributed by atoms with Gasteiger partial charge in [-0.25, -0.2) is 4.79 Å². The fraction of sp³-hybridized carbons (Fsp3) is 0.455. The number of aliphatic hydroxyl groups is 3. The first kappa shape index (κ1) is 16.6. The Bertz CT molecular complexity index is 665. The molecule has 1 aliphatic heterocycles. The van der Waals surface area contributed by atoms with E-state index in [0.29, 0.717) is 3.39 Å². The van der Waals surface area contributed by atoms with E-state index in [2.05, 4.69) is 36.8 Å². The predicted octanol–water partition coefficient (Wildman–Crippen LogP) is -0.764. The maximum atomic E-state index is 11.8. The second kappa shape index (κ2) is 6.55. The van der Waals surface area contributed by atoms with Gasteiger partial charge >= 0.3 is 5.69 Å². The van der Waals surface area contributed by atoms with Gasteiger partial charge in [0, 0.05) is 6.20 Å². The molecule has 1 fully saturated rings. The minimum Gasteiger partial charge on any atom is -0.394 e. The van der Waals surface area contributed by atoms with E-state index < -0.39 is 42.4 Å². The Morgan fingerprint density at radius 1 is 1.38 bits per heavy atom. The fourth-order valence-electron chi connectivity index (χ4n) is 2.02. The highest BCUT2D eigenvalue weighted by Gasteiger charge is 2.43. The van der Waals surface area contributed by atoms with Crippen molar-refractivity contribution < 1.29 is 20.1 Å². The van der Waals surface area contributed by atoms with Gasteiger partial charge in [-0.1, -0.05) is 0 Å². The lowest BCUT2D eigenvalue weighted by Crippen LogP contribution is -2.38. The second-order valence-electron chi connectivity index (χ2n) is 4.41. The third kappa shape index (κ3) is 3.35. The summed E-state index contributed by atoms with van der Waals surface area (Å²) in [5.41, 5.74) is -1.27. The molecule has 1 aliphatic rings. The van der Waals surface area contributed by atoms with Crippen LogP contribution in [0.5, 0.6) is 0 Å². The number of aliphatic hydroxyl groups excluding tert-OH is 3. The lowest BCUT2D eigenvalue weighted by atomic mass is 10.1. The Kier molecular flexibility index (Phi) is 5.17. The van der Waals surface area contributed by atoms with Crippen LogP contribution in [0.1, 0.15) is 11.8 Å². The molecule has 21 heavy (non-hydrogen) atoms. The highest BCUT2D eigenvalue weighted by atomic mass is 79.9. The first-order valence-electron chi connectivity index (χ1n) is 5.85. The van der Waals surface area contributed by atoms with Crippen LogP contribution in [0, 0.1) is 0 Å². The van der Waals surface area contributed by atoms with E-state index in [0.717, 1.165) is 4.57 Å². The number of aromatic amines is 1. The summed E-state index contributed by atoms with van der Waals surface area (Å²) in [7, 11) is 0. The number of aromatic nitrogens is 2. The van der Waals surface area contributed by atoms with E-state index >= 15 is 0 Å². The van der Waals surface area contributed by atoms with Crippen molar-refractivity contribution in [1.82, 2.24) is 9.55 Å². The van der Waals surface area contributed by atoms with E-state index in [1.807, 2.05) is 0 Å². The summed E-state index contributed by atoms with van der Waals surface area (Å²) in [6.07, 6.45) is -2.34. The SMILES string of the molecule is O=c1[nH]c(=O)n(C2OC(CO)C(O)C2O)cc1C=C(Br)Br. The number of H-pyrrole nitrogens is 1. The van der Waals surface area contributed by atoms with Gasteiger partial charge in [-0.15, -0.1) is 0 Å². The maximum absolute atomic E-state index is 11.8. The smallest absolute Gasteiger partial charge is 0.330 e. The van der Waals surface area contributed by atoms with Gasteiger partial charge in [-0.3, -0.25) is 14.3 Å². The molecule has 4 N–H and O–H groups in total. The summed E-state index contributed by atoms with van der Waals surface area (Å²) in [5.74, 6) is 0. The molecular weight excluding hydrogens is 416 g/mol. The summed E-state index contributed by atoms with van der Waals surface area (Å²) in [4.78, 5) is 25.6. The molecule has 0 saturated carbocycles. The van der Waals surface area contributed by atoms with Crippen molar-refractivity contribution in [1.29, 1.82) is 0 Å². The van der Waals surface area contributed by atoms with Crippen molar-refractivity contribution >= 4 is 37.9 Å². The standard InChI is InChI=1S/C11H12Br2N2O6/c12-6(13)1-4-2-15(11(20)14-9(4)19)10-8(18)7(17)5(3-16)21-10/h1-2,5,7-8,10,16-18H,3H2,(H,14,19,20). The van der Waals surface area contributed by atoms with Crippen LogP contribution in [-0.2, 0) is 4.74 Å². The van der Waals surface area contributed by atoms with Gasteiger partial charge in [0.25, 0.3) is 5.56 Å². The van der Waals surface area contributed by atoms with Crippen LogP contribution in [0.15, 0.2) is 19.2 Å². The lowest BCUT2D eigenvalue weighted by molar-refractivity contribution is -0.0550. The van der Waals surface area contributed by atoms with Crippen LogP contribution in [0.2, 0.25) is 0 Å². The van der Waals surface area contributed by atoms with Gasteiger partial charge in [0.05, 0.1) is 15.6 Å². The van der Waals surface area contributed by atoms with Gasteiger partial charge < -0.3 is 20.1 Å². The van der Waals surface area contributed by atoms with Crippen LogP contribution in [0.3, 0.4) is 0 Å².